The maximum Gasteiger partial charge on any atom is 0.231 e. The molecule has 0 aliphatic carbocycles. The Labute approximate surface area is 185 Å². The minimum absolute atomic E-state index is 0.0629. The van der Waals surface area contributed by atoms with E-state index in [-0.39, 0.29) is 18.4 Å². The molecule has 0 radical (unpaired) electrons. The molecule has 0 bridgehead atoms. The van der Waals surface area contributed by atoms with Crippen LogP contribution in [0.2, 0.25) is 0 Å². The molecule has 0 unspecified atom stereocenters. The second kappa shape index (κ2) is 7.38. The van der Waals surface area contributed by atoms with Gasteiger partial charge in [-0.3, -0.25) is 4.57 Å². The van der Waals surface area contributed by atoms with Gasteiger partial charge in [0.1, 0.15) is 35.2 Å². The van der Waals surface area contributed by atoms with Crippen molar-refractivity contribution >= 4 is 17.1 Å². The molecule has 1 saturated heterocycles. The van der Waals surface area contributed by atoms with E-state index in [2.05, 4.69) is 20.1 Å². The van der Waals surface area contributed by atoms with Crippen LogP contribution >= 0.6 is 0 Å². The van der Waals surface area contributed by atoms with Gasteiger partial charge in [-0.2, -0.15) is 4.98 Å². The zero-order chi connectivity index (χ0) is 22.7. The van der Waals surface area contributed by atoms with Crippen molar-refractivity contribution in [2.24, 2.45) is 0 Å². The van der Waals surface area contributed by atoms with Crippen molar-refractivity contribution in [1.82, 2.24) is 24.7 Å². The maximum absolute atomic E-state index is 10.4. The van der Waals surface area contributed by atoms with Crippen molar-refractivity contribution in [3.05, 3.63) is 30.6 Å². The van der Waals surface area contributed by atoms with Crippen molar-refractivity contribution in [3.63, 3.8) is 0 Å². The Hall–Kier alpha value is -3.78. The first-order valence-corrected chi connectivity index (χ1v) is 10.0. The lowest BCUT2D eigenvalue weighted by molar-refractivity contribution is -0.0511. The first-order valence-electron chi connectivity index (χ1n) is 10.0. The summed E-state index contributed by atoms with van der Waals surface area (Å²) in [4.78, 5) is 12.8. The molecule has 1 aromatic carbocycles. The summed E-state index contributed by atoms with van der Waals surface area (Å²) < 4.78 is 23.3. The van der Waals surface area contributed by atoms with E-state index in [1.165, 1.54) is 10.9 Å². The van der Waals surface area contributed by atoms with Gasteiger partial charge in [-0.15, -0.1) is 0 Å². The standard InChI is InChI=1S/C20H18N6O7/c21-20-23-14(12-4-9(25-33-12)8-1-2-10-11(3-8)31-7-30-10)15-18(24-20)26(6-22-15)19-17(29)16(28)13(5-27)32-19/h1-4,6,13,16-17,19,27-29H,5,7H2,(H2,21,23,24)/t13-,16-,17-,19-/m1/s1. The van der Waals surface area contributed by atoms with Crippen molar-refractivity contribution in [2.45, 2.75) is 24.5 Å². The number of benzene rings is 1. The lowest BCUT2D eigenvalue weighted by atomic mass is 10.1. The number of anilines is 1. The monoisotopic (exact) mass is 454 g/mol. The Morgan fingerprint density at radius 3 is 2.76 bits per heavy atom. The van der Waals surface area contributed by atoms with E-state index in [1.54, 1.807) is 18.2 Å². The van der Waals surface area contributed by atoms with Gasteiger partial charge in [0.15, 0.2) is 29.1 Å². The van der Waals surface area contributed by atoms with Crippen LogP contribution in [-0.4, -0.2) is 71.7 Å². The van der Waals surface area contributed by atoms with Crippen LogP contribution in [-0.2, 0) is 4.74 Å². The second-order valence-electron chi connectivity index (χ2n) is 7.63. The molecule has 2 aliphatic heterocycles. The van der Waals surface area contributed by atoms with Gasteiger partial charge in [-0.1, -0.05) is 5.16 Å². The van der Waals surface area contributed by atoms with Gasteiger partial charge in [0.25, 0.3) is 0 Å². The zero-order valence-corrected chi connectivity index (χ0v) is 16.9. The second-order valence-corrected chi connectivity index (χ2v) is 7.63. The summed E-state index contributed by atoms with van der Waals surface area (Å²) in [5, 5.41) is 34.0. The number of aliphatic hydroxyl groups excluding tert-OH is 3. The average molecular weight is 454 g/mol. The van der Waals surface area contributed by atoms with Gasteiger partial charge in [0, 0.05) is 11.6 Å². The lowest BCUT2D eigenvalue weighted by Gasteiger charge is -2.16. The highest BCUT2D eigenvalue weighted by atomic mass is 16.7. The van der Waals surface area contributed by atoms with E-state index in [9.17, 15) is 15.3 Å². The summed E-state index contributed by atoms with van der Waals surface area (Å²) >= 11 is 0. The third-order valence-corrected chi connectivity index (χ3v) is 5.64. The summed E-state index contributed by atoms with van der Waals surface area (Å²) in [5.41, 5.74) is 8.11. The minimum atomic E-state index is -1.30. The average Bonchev–Trinajstić information content (AvgIpc) is 3.60. The van der Waals surface area contributed by atoms with Crippen LogP contribution in [0.3, 0.4) is 0 Å². The van der Waals surface area contributed by atoms with Gasteiger partial charge in [-0.25, -0.2) is 9.97 Å². The molecule has 6 rings (SSSR count). The molecule has 5 N–H and O–H groups in total. The van der Waals surface area contributed by atoms with E-state index in [0.717, 1.165) is 5.56 Å². The summed E-state index contributed by atoms with van der Waals surface area (Å²) in [6.45, 7) is -0.288. The highest BCUT2D eigenvalue weighted by molar-refractivity contribution is 5.87. The highest BCUT2D eigenvalue weighted by Crippen LogP contribution is 2.37. The highest BCUT2D eigenvalue weighted by Gasteiger charge is 2.44. The number of nitrogens with zero attached hydrogens (tertiary/aromatic N) is 5. The number of ether oxygens (including phenoxy) is 3. The number of aliphatic hydroxyl groups is 3. The zero-order valence-electron chi connectivity index (χ0n) is 16.9. The van der Waals surface area contributed by atoms with E-state index >= 15 is 0 Å². The van der Waals surface area contributed by atoms with Crippen LogP contribution in [0.4, 0.5) is 5.95 Å². The molecule has 4 atom stereocenters. The fourth-order valence-electron chi connectivity index (χ4n) is 3.98. The van der Waals surface area contributed by atoms with E-state index in [4.69, 9.17) is 24.5 Å². The number of imidazole rings is 1. The molecule has 0 spiro atoms. The predicted molar refractivity (Wildman–Crippen MR) is 110 cm³/mol. The predicted octanol–water partition coefficient (Wildman–Crippen LogP) is 0.0707. The van der Waals surface area contributed by atoms with Gasteiger partial charge >= 0.3 is 0 Å². The summed E-state index contributed by atoms with van der Waals surface area (Å²) in [6, 6.07) is 7.10. The van der Waals surface area contributed by atoms with E-state index in [0.29, 0.717) is 34.2 Å². The number of hydrogen-bond donors (Lipinski definition) is 4. The van der Waals surface area contributed by atoms with Crippen LogP contribution in [0.5, 0.6) is 11.5 Å². The van der Waals surface area contributed by atoms with Crippen molar-refractivity contribution in [1.29, 1.82) is 0 Å². The molecular formula is C20H18N6O7. The molecule has 170 valence electrons. The molecular weight excluding hydrogens is 436 g/mol. The molecule has 0 saturated carbocycles. The Morgan fingerprint density at radius 1 is 1.09 bits per heavy atom. The number of fused-ring (bicyclic) bond motifs is 2. The van der Waals surface area contributed by atoms with Gasteiger partial charge < -0.3 is 39.8 Å². The molecule has 5 heterocycles. The largest absolute Gasteiger partial charge is 0.454 e. The maximum atomic E-state index is 10.4. The van der Waals surface area contributed by atoms with Gasteiger partial charge in [0.05, 0.1) is 12.9 Å². The van der Waals surface area contributed by atoms with Gasteiger partial charge in [-0.05, 0) is 18.2 Å². The first kappa shape index (κ1) is 19.9. The van der Waals surface area contributed by atoms with E-state index in [1.807, 2.05) is 6.07 Å². The normalized spacial score (nSPS) is 24.1. The topological polar surface area (TPSA) is 184 Å². The van der Waals surface area contributed by atoms with Crippen LogP contribution in [0.1, 0.15) is 6.23 Å². The van der Waals surface area contributed by atoms with Gasteiger partial charge in [0.2, 0.25) is 12.7 Å². The molecule has 13 nitrogen and oxygen atoms in total. The Morgan fingerprint density at radius 2 is 1.94 bits per heavy atom. The fraction of sp³-hybridized carbons (Fsp3) is 0.300. The van der Waals surface area contributed by atoms with Crippen molar-refractivity contribution < 1.29 is 34.1 Å². The number of nitrogen functional groups attached to an aromatic ring is 1. The number of nitrogens with two attached hydrogens (primary N) is 1. The minimum Gasteiger partial charge on any atom is -0.454 e. The summed E-state index contributed by atoms with van der Waals surface area (Å²) in [7, 11) is 0. The summed E-state index contributed by atoms with van der Waals surface area (Å²) in [6.07, 6.45) is -3.16. The lowest BCUT2D eigenvalue weighted by Crippen LogP contribution is -2.33. The Balaban J connectivity index is 1.40. The third-order valence-electron chi connectivity index (χ3n) is 5.64. The Bertz CT molecular complexity index is 1350. The fourth-order valence-corrected chi connectivity index (χ4v) is 3.98. The number of rotatable bonds is 4. The molecule has 0 amide bonds. The molecule has 2 aliphatic rings. The van der Waals surface area contributed by atoms with E-state index < -0.39 is 31.1 Å². The molecule has 13 heteroatoms. The molecule has 4 aromatic rings. The van der Waals surface area contributed by atoms with Crippen LogP contribution in [0, 0.1) is 0 Å². The Kier molecular flexibility index (Phi) is 4.45. The molecule has 33 heavy (non-hydrogen) atoms. The molecule has 3 aromatic heterocycles. The van der Waals surface area contributed by atoms with Crippen LogP contribution in [0.25, 0.3) is 33.9 Å². The van der Waals surface area contributed by atoms with Crippen molar-refractivity contribution in [3.8, 4) is 34.2 Å². The smallest absolute Gasteiger partial charge is 0.231 e. The van der Waals surface area contributed by atoms with Crippen LogP contribution < -0.4 is 15.2 Å². The summed E-state index contributed by atoms with van der Waals surface area (Å²) in [5.74, 6) is 1.51. The number of aromatic nitrogens is 5. The van der Waals surface area contributed by atoms with Crippen molar-refractivity contribution in [2.75, 3.05) is 19.1 Å². The quantitative estimate of drug-likeness (QED) is 0.326. The molecule has 1 fully saturated rings. The first-order chi connectivity index (χ1) is 16.0. The SMILES string of the molecule is Nc1nc(-c2cc(-c3ccc4c(c3)OCO4)no2)c2ncn([C@@H]3O[C@H](CO)[C@@H](O)[C@H]3O)c2n1. The third kappa shape index (κ3) is 3.09. The number of hydrogen-bond acceptors (Lipinski definition) is 12. The van der Waals surface area contributed by atoms with Crippen LogP contribution in [0.15, 0.2) is 35.1 Å².